The Morgan fingerprint density at radius 3 is 2.74 bits per heavy atom. The van der Waals surface area contributed by atoms with Gasteiger partial charge in [-0.15, -0.1) is 0 Å². The minimum absolute atomic E-state index is 0.0896. The van der Waals surface area contributed by atoms with Gasteiger partial charge < -0.3 is 4.74 Å². The molecule has 0 atom stereocenters. The molecule has 0 spiro atoms. The monoisotopic (exact) mass is 375 g/mol. The molecule has 0 bridgehead atoms. The molecule has 0 N–H and O–H groups in total. The van der Waals surface area contributed by atoms with Crippen molar-refractivity contribution in [1.82, 2.24) is 0 Å². The second-order valence-corrected chi connectivity index (χ2v) is 5.83. The number of nitro benzene ring substituents is 1. The summed E-state index contributed by atoms with van der Waals surface area (Å²) in [6, 6.07) is 4.22. The average Bonchev–Trinajstić information content (AvgIpc) is 2.89. The van der Waals surface area contributed by atoms with Crippen molar-refractivity contribution < 1.29 is 14.5 Å². The number of carbonyl (C=O) groups excluding carboxylic acids is 1. The maximum atomic E-state index is 11.9. The molecule has 0 saturated heterocycles. The van der Waals surface area contributed by atoms with Gasteiger partial charge in [0.15, 0.2) is 0 Å². The molecule has 1 aromatic carbocycles. The molecule has 0 radical (unpaired) electrons. The van der Waals surface area contributed by atoms with Crippen LogP contribution in [-0.2, 0) is 4.74 Å². The lowest BCUT2D eigenvalue weighted by Crippen LogP contribution is -2.13. The molecule has 102 valence electrons. The first kappa shape index (κ1) is 14.2. The van der Waals surface area contributed by atoms with Gasteiger partial charge in [-0.1, -0.05) is 12.8 Å². The molecule has 2 rings (SSSR count). The predicted octanol–water partition coefficient (Wildman–Crippen LogP) is 3.55. The first-order valence-corrected chi connectivity index (χ1v) is 7.27. The van der Waals surface area contributed by atoms with Gasteiger partial charge >= 0.3 is 5.97 Å². The third-order valence-corrected chi connectivity index (χ3v) is 4.25. The summed E-state index contributed by atoms with van der Waals surface area (Å²) in [7, 11) is 0. The van der Waals surface area contributed by atoms with E-state index < -0.39 is 10.9 Å². The molecule has 0 aromatic heterocycles. The minimum atomic E-state index is -0.510. The molecule has 0 heterocycles. The van der Waals surface area contributed by atoms with Crippen LogP contribution in [0.4, 0.5) is 5.69 Å². The fourth-order valence-electron chi connectivity index (χ4n) is 2.23. The van der Waals surface area contributed by atoms with E-state index in [0.717, 1.165) is 12.8 Å². The fraction of sp³-hybridized carbons (Fsp3) is 0.462. The number of nitrogens with zero attached hydrogens (tertiary/aromatic N) is 1. The van der Waals surface area contributed by atoms with Crippen molar-refractivity contribution in [2.45, 2.75) is 25.7 Å². The number of non-ortho nitro benzene ring substituents is 1. The molecule has 0 unspecified atom stereocenters. The summed E-state index contributed by atoms with van der Waals surface area (Å²) in [5, 5.41) is 10.7. The van der Waals surface area contributed by atoms with Gasteiger partial charge in [0.1, 0.15) is 0 Å². The summed E-state index contributed by atoms with van der Waals surface area (Å²) in [4.78, 5) is 22.1. The summed E-state index contributed by atoms with van der Waals surface area (Å²) in [5.41, 5.74) is 0.182. The Morgan fingerprint density at radius 2 is 2.11 bits per heavy atom. The van der Waals surface area contributed by atoms with Crippen LogP contribution in [0, 0.1) is 19.6 Å². The summed E-state index contributed by atoms with van der Waals surface area (Å²) >= 11 is 1.98. The number of ether oxygens (including phenoxy) is 1. The van der Waals surface area contributed by atoms with Gasteiger partial charge in [0.05, 0.1) is 17.1 Å². The number of halogens is 1. The number of nitro groups is 1. The number of hydrogen-bond donors (Lipinski definition) is 0. The van der Waals surface area contributed by atoms with Gasteiger partial charge in [0.2, 0.25) is 0 Å². The zero-order valence-electron chi connectivity index (χ0n) is 10.3. The Labute approximate surface area is 124 Å². The molecule has 6 heteroatoms. The van der Waals surface area contributed by atoms with Crippen molar-refractivity contribution in [2.24, 2.45) is 5.92 Å². The van der Waals surface area contributed by atoms with E-state index in [1.807, 2.05) is 22.6 Å². The third-order valence-electron chi connectivity index (χ3n) is 3.31. The van der Waals surface area contributed by atoms with E-state index in [0.29, 0.717) is 16.1 Å². The predicted molar refractivity (Wildman–Crippen MR) is 78.1 cm³/mol. The van der Waals surface area contributed by atoms with Crippen LogP contribution >= 0.6 is 22.6 Å². The molecule has 1 aromatic rings. The highest BCUT2D eigenvalue weighted by Gasteiger charge is 2.20. The average molecular weight is 375 g/mol. The maximum absolute atomic E-state index is 11.9. The molecule has 0 amide bonds. The van der Waals surface area contributed by atoms with Crippen LogP contribution in [0.1, 0.15) is 36.0 Å². The molecule has 1 saturated carbocycles. The van der Waals surface area contributed by atoms with Crippen molar-refractivity contribution in [2.75, 3.05) is 6.61 Å². The molecule has 1 aliphatic carbocycles. The van der Waals surface area contributed by atoms with Gasteiger partial charge in [-0.2, -0.15) is 0 Å². The smallest absolute Gasteiger partial charge is 0.339 e. The normalized spacial score (nSPS) is 15.4. The van der Waals surface area contributed by atoms with Crippen LogP contribution in [-0.4, -0.2) is 17.5 Å². The highest BCUT2D eigenvalue weighted by molar-refractivity contribution is 14.1. The number of esters is 1. The van der Waals surface area contributed by atoms with Crippen molar-refractivity contribution in [3.8, 4) is 0 Å². The summed E-state index contributed by atoms with van der Waals surface area (Å²) in [6.07, 6.45) is 4.58. The van der Waals surface area contributed by atoms with Crippen molar-refractivity contribution in [3.05, 3.63) is 37.4 Å². The number of carbonyl (C=O) groups is 1. The molecular formula is C13H14INO4. The second kappa shape index (κ2) is 6.31. The quantitative estimate of drug-likeness (QED) is 0.349. The van der Waals surface area contributed by atoms with Gasteiger partial charge in [0, 0.05) is 15.7 Å². The second-order valence-electron chi connectivity index (χ2n) is 4.67. The topological polar surface area (TPSA) is 69.4 Å². The SMILES string of the molecule is O=C(OCC1CCCC1)c1cc([N+](=O)[O-])ccc1I. The fourth-order valence-corrected chi connectivity index (χ4v) is 2.79. The lowest BCUT2D eigenvalue weighted by Gasteiger charge is -2.10. The van der Waals surface area contributed by atoms with Gasteiger partial charge in [-0.3, -0.25) is 10.1 Å². The number of benzene rings is 1. The zero-order valence-corrected chi connectivity index (χ0v) is 12.5. The minimum Gasteiger partial charge on any atom is -0.462 e. The lowest BCUT2D eigenvalue weighted by molar-refractivity contribution is -0.384. The first-order valence-electron chi connectivity index (χ1n) is 6.19. The molecular weight excluding hydrogens is 361 g/mol. The van der Waals surface area contributed by atoms with Gasteiger partial charge in [-0.25, -0.2) is 4.79 Å². The van der Waals surface area contributed by atoms with Crippen LogP contribution < -0.4 is 0 Å². The van der Waals surface area contributed by atoms with E-state index in [1.54, 1.807) is 6.07 Å². The van der Waals surface area contributed by atoms with Crippen LogP contribution in [0.2, 0.25) is 0 Å². The highest BCUT2D eigenvalue weighted by Crippen LogP contribution is 2.26. The highest BCUT2D eigenvalue weighted by atomic mass is 127. The van der Waals surface area contributed by atoms with E-state index >= 15 is 0 Å². The van der Waals surface area contributed by atoms with Gasteiger partial charge in [-0.05, 0) is 47.4 Å². The van der Waals surface area contributed by atoms with Crippen LogP contribution in [0.3, 0.4) is 0 Å². The number of hydrogen-bond acceptors (Lipinski definition) is 4. The number of rotatable bonds is 4. The van der Waals surface area contributed by atoms with E-state index in [4.69, 9.17) is 4.74 Å². The summed E-state index contributed by atoms with van der Waals surface area (Å²) in [6.45, 7) is 0.414. The van der Waals surface area contributed by atoms with Crippen LogP contribution in [0.25, 0.3) is 0 Å². The molecule has 19 heavy (non-hydrogen) atoms. The Kier molecular flexibility index (Phi) is 4.73. The Bertz CT molecular complexity index is 497. The van der Waals surface area contributed by atoms with Crippen LogP contribution in [0.5, 0.6) is 0 Å². The van der Waals surface area contributed by atoms with Crippen LogP contribution in [0.15, 0.2) is 18.2 Å². The van der Waals surface area contributed by atoms with Gasteiger partial charge in [0.25, 0.3) is 5.69 Å². The largest absolute Gasteiger partial charge is 0.462 e. The maximum Gasteiger partial charge on any atom is 0.339 e. The van der Waals surface area contributed by atoms with E-state index in [9.17, 15) is 14.9 Å². The molecule has 1 aliphatic rings. The Balaban J connectivity index is 2.04. The van der Waals surface area contributed by atoms with Crippen molar-refractivity contribution >= 4 is 34.2 Å². The van der Waals surface area contributed by atoms with Crippen molar-refractivity contribution in [1.29, 1.82) is 0 Å². The van der Waals surface area contributed by atoms with E-state index in [2.05, 4.69) is 0 Å². The van der Waals surface area contributed by atoms with E-state index in [1.165, 1.54) is 25.0 Å². The molecule has 0 aliphatic heterocycles. The van der Waals surface area contributed by atoms with Crippen molar-refractivity contribution in [3.63, 3.8) is 0 Å². The third kappa shape index (κ3) is 3.65. The zero-order chi connectivity index (χ0) is 13.8. The summed E-state index contributed by atoms with van der Waals surface area (Å²) in [5.74, 6) is -0.0275. The first-order chi connectivity index (χ1) is 9.08. The molecule has 1 fully saturated rings. The Morgan fingerprint density at radius 1 is 1.42 bits per heavy atom. The van der Waals surface area contributed by atoms with E-state index in [-0.39, 0.29) is 11.3 Å². The molecule has 5 nitrogen and oxygen atoms in total. The summed E-state index contributed by atoms with van der Waals surface area (Å²) < 4.78 is 5.93. The lowest BCUT2D eigenvalue weighted by atomic mass is 10.1. The standard InChI is InChI=1S/C13H14INO4/c14-12-6-5-10(15(17)18)7-11(12)13(16)19-8-9-3-1-2-4-9/h5-7,9H,1-4,8H2. The Hall–Kier alpha value is -1.18.